The van der Waals surface area contributed by atoms with Gasteiger partial charge in [0.25, 0.3) is 5.91 Å². The number of anilines is 2. The van der Waals surface area contributed by atoms with Crippen molar-refractivity contribution in [3.05, 3.63) is 110 Å². The number of hydrogen-bond acceptors (Lipinski definition) is 7. The number of aromatic nitrogens is 1. The second kappa shape index (κ2) is 14.3. The number of nitrogens with one attached hydrogen (secondary N) is 2. The first-order valence-corrected chi connectivity index (χ1v) is 16.3. The zero-order valence-corrected chi connectivity index (χ0v) is 27.7. The molecule has 0 aliphatic heterocycles. The summed E-state index contributed by atoms with van der Waals surface area (Å²) < 4.78 is 6.45. The minimum Gasteiger partial charge on any atom is -0.494 e. The number of halogens is 4. The number of rotatable bonds is 10. The van der Waals surface area contributed by atoms with E-state index in [9.17, 15) is 19.5 Å². The lowest BCUT2D eigenvalue weighted by molar-refractivity contribution is -0.115. The van der Waals surface area contributed by atoms with Crippen LogP contribution >= 0.6 is 69.5 Å². The standard InChI is InChI=1S/C31H21Cl4N3O5S2/c1-2-43-17-11-12-19-20(14-17)45-31(37-19)38-29(40)27(15-7-4-3-5-8-15)44-18-10-6-9-16(13-18)36-28(39)21-22(30(41)42)24(33)26(35)25(34)23(21)32/h3-14,27H,2H2,1H3,(H,36,39)(H,41,42)(H,37,38,40). The number of aromatic carboxylic acids is 1. The maximum absolute atomic E-state index is 13.7. The minimum atomic E-state index is -1.51. The molecule has 230 valence electrons. The van der Waals surface area contributed by atoms with Crippen LogP contribution in [-0.2, 0) is 4.79 Å². The Kier molecular flexibility index (Phi) is 10.4. The normalized spacial score (nSPS) is 11.7. The maximum atomic E-state index is 13.7. The van der Waals surface area contributed by atoms with Crippen molar-refractivity contribution in [2.45, 2.75) is 17.1 Å². The van der Waals surface area contributed by atoms with Gasteiger partial charge >= 0.3 is 5.97 Å². The molecule has 0 aliphatic rings. The van der Waals surface area contributed by atoms with E-state index >= 15 is 0 Å². The van der Waals surface area contributed by atoms with Gasteiger partial charge in [-0.25, -0.2) is 9.78 Å². The molecule has 0 radical (unpaired) electrons. The van der Waals surface area contributed by atoms with E-state index in [4.69, 9.17) is 51.1 Å². The number of carbonyl (C=O) groups excluding carboxylic acids is 2. The molecule has 0 fully saturated rings. The van der Waals surface area contributed by atoms with Crippen molar-refractivity contribution in [1.82, 2.24) is 4.98 Å². The van der Waals surface area contributed by atoms with Crippen molar-refractivity contribution >= 4 is 108 Å². The van der Waals surface area contributed by atoms with Gasteiger partial charge in [0.05, 0.1) is 48.0 Å². The van der Waals surface area contributed by atoms with Crippen LogP contribution in [0.3, 0.4) is 0 Å². The highest BCUT2D eigenvalue weighted by molar-refractivity contribution is 8.00. The van der Waals surface area contributed by atoms with E-state index in [2.05, 4.69) is 15.6 Å². The smallest absolute Gasteiger partial charge is 0.338 e. The van der Waals surface area contributed by atoms with Crippen molar-refractivity contribution in [1.29, 1.82) is 0 Å². The first kappa shape index (κ1) is 32.9. The van der Waals surface area contributed by atoms with E-state index in [0.717, 1.165) is 21.5 Å². The molecule has 1 atom stereocenters. The fourth-order valence-corrected chi connectivity index (χ4v) is 7.31. The number of carboxylic acids is 1. The zero-order valence-electron chi connectivity index (χ0n) is 23.1. The van der Waals surface area contributed by atoms with Crippen LogP contribution < -0.4 is 15.4 Å². The average molecular weight is 721 g/mol. The van der Waals surface area contributed by atoms with Crippen LogP contribution in [0.2, 0.25) is 20.1 Å². The monoisotopic (exact) mass is 719 g/mol. The minimum absolute atomic E-state index is 0.248. The summed E-state index contributed by atoms with van der Waals surface area (Å²) in [6.45, 7) is 2.44. The molecule has 1 unspecified atom stereocenters. The molecule has 0 saturated carbocycles. The molecule has 5 aromatic rings. The molecule has 4 aromatic carbocycles. The van der Waals surface area contributed by atoms with Crippen molar-refractivity contribution in [2.24, 2.45) is 0 Å². The molecule has 0 bridgehead atoms. The topological polar surface area (TPSA) is 118 Å². The van der Waals surface area contributed by atoms with E-state index < -0.39 is 33.3 Å². The van der Waals surface area contributed by atoms with E-state index in [1.54, 1.807) is 24.3 Å². The second-order valence-electron chi connectivity index (χ2n) is 9.27. The van der Waals surface area contributed by atoms with Gasteiger partial charge in [-0.05, 0) is 48.9 Å². The molecule has 0 saturated heterocycles. The number of thioether (sulfide) groups is 1. The highest BCUT2D eigenvalue weighted by Crippen LogP contribution is 2.42. The summed E-state index contributed by atoms with van der Waals surface area (Å²) in [4.78, 5) is 44.1. The molecule has 1 aromatic heterocycles. The van der Waals surface area contributed by atoms with Gasteiger partial charge < -0.3 is 20.5 Å². The summed E-state index contributed by atoms with van der Waals surface area (Å²) in [7, 11) is 0. The average Bonchev–Trinajstić information content (AvgIpc) is 3.42. The number of carboxylic acid groups (broad SMARTS) is 1. The van der Waals surface area contributed by atoms with E-state index in [1.807, 2.05) is 55.5 Å². The molecular formula is C31H21Cl4N3O5S2. The second-order valence-corrected chi connectivity index (χ2v) is 13.0. The van der Waals surface area contributed by atoms with Gasteiger partial charge in [-0.2, -0.15) is 0 Å². The quantitative estimate of drug-likeness (QED) is 0.0747. The van der Waals surface area contributed by atoms with Crippen LogP contribution in [0.5, 0.6) is 5.75 Å². The molecule has 14 heteroatoms. The third-order valence-electron chi connectivity index (χ3n) is 6.30. The van der Waals surface area contributed by atoms with Crippen molar-refractivity contribution < 1.29 is 24.2 Å². The number of carbonyl (C=O) groups is 3. The van der Waals surface area contributed by atoms with Crippen LogP contribution in [0, 0.1) is 0 Å². The number of hydrogen-bond donors (Lipinski definition) is 3. The molecule has 0 aliphatic carbocycles. The molecule has 5 rings (SSSR count). The molecule has 0 spiro atoms. The molecule has 3 N–H and O–H groups in total. The highest BCUT2D eigenvalue weighted by atomic mass is 35.5. The van der Waals surface area contributed by atoms with Gasteiger partial charge in [-0.1, -0.05) is 94.1 Å². The summed E-state index contributed by atoms with van der Waals surface area (Å²) in [6, 6.07) is 21.5. The van der Waals surface area contributed by atoms with E-state index in [0.29, 0.717) is 22.3 Å². The number of benzene rings is 4. The Morgan fingerprint density at radius 1 is 0.889 bits per heavy atom. The fraction of sp³-hybridized carbons (Fsp3) is 0.0968. The third kappa shape index (κ3) is 7.33. The van der Waals surface area contributed by atoms with Gasteiger partial charge in [0, 0.05) is 10.6 Å². The molecular weight excluding hydrogens is 700 g/mol. The summed E-state index contributed by atoms with van der Waals surface area (Å²) in [5.41, 5.74) is 0.775. The lowest BCUT2D eigenvalue weighted by Crippen LogP contribution is -2.19. The molecule has 1 heterocycles. The Labute approximate surface area is 285 Å². The number of nitrogens with zero attached hydrogens (tertiary/aromatic N) is 1. The lowest BCUT2D eigenvalue weighted by Gasteiger charge is -2.17. The fourth-order valence-electron chi connectivity index (χ4n) is 4.31. The predicted octanol–water partition coefficient (Wildman–Crippen LogP) is 9.73. The van der Waals surface area contributed by atoms with Crippen LogP contribution in [0.15, 0.2) is 77.7 Å². The van der Waals surface area contributed by atoms with Crippen molar-refractivity contribution in [3.63, 3.8) is 0 Å². The maximum Gasteiger partial charge on any atom is 0.338 e. The number of fused-ring (bicyclic) bond motifs is 1. The Morgan fingerprint density at radius 3 is 2.29 bits per heavy atom. The Balaban J connectivity index is 1.40. The number of thiazole rings is 1. The van der Waals surface area contributed by atoms with Gasteiger partial charge in [0.15, 0.2) is 5.13 Å². The Bertz CT molecular complexity index is 1940. The van der Waals surface area contributed by atoms with Crippen LogP contribution in [0.1, 0.15) is 38.5 Å². The Morgan fingerprint density at radius 2 is 1.60 bits per heavy atom. The van der Waals surface area contributed by atoms with Gasteiger partial charge in [0.2, 0.25) is 5.91 Å². The SMILES string of the molecule is CCOc1ccc2nc(NC(=O)C(Sc3cccc(NC(=O)c4c(Cl)c(Cl)c(Cl)c(Cl)c4C(=O)O)c3)c3ccccc3)sc2c1. The molecule has 2 amide bonds. The molecule has 8 nitrogen and oxygen atoms in total. The van der Waals surface area contributed by atoms with Crippen molar-refractivity contribution in [2.75, 3.05) is 17.2 Å². The first-order valence-electron chi connectivity index (χ1n) is 13.1. The summed E-state index contributed by atoms with van der Waals surface area (Å²) in [5, 5.41) is 13.8. The van der Waals surface area contributed by atoms with E-state index in [-0.39, 0.29) is 21.0 Å². The highest BCUT2D eigenvalue weighted by Gasteiger charge is 2.29. The third-order valence-corrected chi connectivity index (χ3v) is 10.3. The number of amides is 2. The number of ether oxygens (including phenoxy) is 1. The van der Waals surface area contributed by atoms with Gasteiger partial charge in [0.1, 0.15) is 11.0 Å². The summed E-state index contributed by atoms with van der Waals surface area (Å²) in [5.74, 6) is -1.94. The lowest BCUT2D eigenvalue weighted by atomic mass is 10.1. The van der Waals surface area contributed by atoms with Crippen LogP contribution in [-0.4, -0.2) is 34.5 Å². The van der Waals surface area contributed by atoms with Gasteiger partial charge in [-0.15, -0.1) is 11.8 Å². The summed E-state index contributed by atoms with van der Waals surface area (Å²) in [6.07, 6.45) is 0. The largest absolute Gasteiger partial charge is 0.494 e. The van der Waals surface area contributed by atoms with E-state index in [1.165, 1.54) is 23.1 Å². The first-order chi connectivity index (χ1) is 21.6. The van der Waals surface area contributed by atoms with Crippen LogP contribution in [0.4, 0.5) is 10.8 Å². The van der Waals surface area contributed by atoms with Crippen LogP contribution in [0.25, 0.3) is 10.2 Å². The predicted molar refractivity (Wildman–Crippen MR) is 182 cm³/mol. The van der Waals surface area contributed by atoms with Gasteiger partial charge in [-0.3, -0.25) is 9.59 Å². The van der Waals surface area contributed by atoms with Crippen molar-refractivity contribution in [3.8, 4) is 5.75 Å². The zero-order chi connectivity index (χ0) is 32.2. The molecule has 45 heavy (non-hydrogen) atoms. The summed E-state index contributed by atoms with van der Waals surface area (Å²) >= 11 is 27.1. The Hall–Kier alpha value is -3.51.